The first kappa shape index (κ1) is 21.9. The molecule has 1 heterocycles. The fourth-order valence-corrected chi connectivity index (χ4v) is 3.01. The van der Waals surface area contributed by atoms with Crippen molar-refractivity contribution in [2.75, 3.05) is 23.1 Å². The first-order valence-corrected chi connectivity index (χ1v) is 9.83. The van der Waals surface area contributed by atoms with E-state index in [9.17, 15) is 9.18 Å². The van der Waals surface area contributed by atoms with Gasteiger partial charge in [0.2, 0.25) is 0 Å². The molecule has 1 aromatic heterocycles. The van der Waals surface area contributed by atoms with Crippen LogP contribution >= 0.6 is 39.1 Å². The predicted octanol–water partition coefficient (Wildman–Crippen LogP) is 4.53. The van der Waals surface area contributed by atoms with E-state index >= 15 is 0 Å². The number of hydrazine groups is 1. The van der Waals surface area contributed by atoms with E-state index in [0.29, 0.717) is 15.2 Å². The number of halogens is 4. The minimum atomic E-state index is -0.521. The van der Waals surface area contributed by atoms with E-state index in [4.69, 9.17) is 33.7 Å². The van der Waals surface area contributed by atoms with E-state index in [1.165, 1.54) is 24.5 Å². The van der Waals surface area contributed by atoms with Gasteiger partial charge in [-0.15, -0.1) is 0 Å². The highest BCUT2D eigenvalue weighted by Crippen LogP contribution is 2.28. The Hall–Kier alpha value is -2.82. The summed E-state index contributed by atoms with van der Waals surface area (Å²) in [5.41, 5.74) is 11.2. The van der Waals surface area contributed by atoms with Gasteiger partial charge in [-0.05, 0) is 36.4 Å². The lowest BCUT2D eigenvalue weighted by atomic mass is 10.3. The number of rotatable bonds is 7. The summed E-state index contributed by atoms with van der Waals surface area (Å²) in [5, 5.41) is 3.50. The van der Waals surface area contributed by atoms with Crippen LogP contribution < -0.4 is 26.6 Å². The molecule has 1 amide bonds. The molecule has 156 valence electrons. The molecular weight excluding hydrogens is 502 g/mol. The number of anilines is 4. The summed E-state index contributed by atoms with van der Waals surface area (Å²) in [7, 11) is 0. The van der Waals surface area contributed by atoms with Gasteiger partial charge in [0.15, 0.2) is 18.2 Å². The van der Waals surface area contributed by atoms with Crippen LogP contribution in [0.15, 0.2) is 47.2 Å². The van der Waals surface area contributed by atoms with Crippen LogP contribution in [0.1, 0.15) is 0 Å². The highest BCUT2D eigenvalue weighted by atomic mass is 79.9. The summed E-state index contributed by atoms with van der Waals surface area (Å²) in [6.07, 6.45) is 1.20. The topological polar surface area (TPSA) is 114 Å². The smallest absolute Gasteiger partial charge is 0.276 e. The van der Waals surface area contributed by atoms with Crippen LogP contribution in [0.4, 0.5) is 27.4 Å². The number of nitrogens with one attached hydrogen (secondary N) is 3. The zero-order valence-corrected chi connectivity index (χ0v) is 18.1. The number of hydrogen-bond acceptors (Lipinski definition) is 7. The molecule has 0 aliphatic rings. The van der Waals surface area contributed by atoms with Gasteiger partial charge < -0.3 is 15.8 Å². The molecule has 30 heavy (non-hydrogen) atoms. The van der Waals surface area contributed by atoms with Crippen LogP contribution in [0.3, 0.4) is 0 Å². The molecule has 3 aromatic rings. The molecular formula is C18H14BrCl2FN6O2. The van der Waals surface area contributed by atoms with E-state index in [1.54, 1.807) is 18.2 Å². The fraction of sp³-hybridized carbons (Fsp3) is 0.0556. The van der Waals surface area contributed by atoms with Crippen molar-refractivity contribution in [3.05, 3.63) is 63.1 Å². The molecule has 0 aliphatic carbocycles. The van der Waals surface area contributed by atoms with Crippen LogP contribution in [-0.4, -0.2) is 22.5 Å². The monoisotopic (exact) mass is 514 g/mol. The molecule has 12 heteroatoms. The van der Waals surface area contributed by atoms with Crippen LogP contribution in [0.25, 0.3) is 0 Å². The maximum Gasteiger partial charge on any atom is 0.276 e. The molecule has 0 aliphatic heterocycles. The van der Waals surface area contributed by atoms with Crippen molar-refractivity contribution >= 4 is 68.0 Å². The van der Waals surface area contributed by atoms with Crippen LogP contribution in [-0.2, 0) is 4.79 Å². The van der Waals surface area contributed by atoms with Gasteiger partial charge in [0.05, 0.1) is 10.7 Å². The Bertz CT molecular complexity index is 1090. The Morgan fingerprint density at radius 2 is 1.93 bits per heavy atom. The maximum atomic E-state index is 14.0. The second-order valence-electron chi connectivity index (χ2n) is 5.77. The lowest BCUT2D eigenvalue weighted by Crippen LogP contribution is -2.34. The van der Waals surface area contributed by atoms with E-state index in [0.717, 1.165) is 0 Å². The van der Waals surface area contributed by atoms with Crippen molar-refractivity contribution < 1.29 is 13.9 Å². The highest BCUT2D eigenvalue weighted by Gasteiger charge is 2.12. The summed E-state index contributed by atoms with van der Waals surface area (Å²) in [6, 6.07) is 9.12. The molecule has 0 bridgehead atoms. The second kappa shape index (κ2) is 9.79. The van der Waals surface area contributed by atoms with E-state index in [1.807, 2.05) is 0 Å². The molecule has 5 N–H and O–H groups in total. The molecule has 0 spiro atoms. The predicted molar refractivity (Wildman–Crippen MR) is 118 cm³/mol. The second-order valence-corrected chi connectivity index (χ2v) is 7.53. The summed E-state index contributed by atoms with van der Waals surface area (Å²) in [6.45, 7) is -0.325. The number of carbonyl (C=O) groups excluding carboxylic acids is 1. The Morgan fingerprint density at radius 1 is 1.17 bits per heavy atom. The maximum absolute atomic E-state index is 14.0. The zero-order chi connectivity index (χ0) is 21.7. The molecule has 8 nitrogen and oxygen atoms in total. The van der Waals surface area contributed by atoms with Gasteiger partial charge in [-0.2, -0.15) is 0 Å². The third-order valence-corrected chi connectivity index (χ3v) is 4.66. The Balaban J connectivity index is 1.60. The van der Waals surface area contributed by atoms with Crippen molar-refractivity contribution in [3.63, 3.8) is 0 Å². The van der Waals surface area contributed by atoms with E-state index in [2.05, 4.69) is 42.1 Å². The quantitative estimate of drug-likeness (QED) is 0.342. The Labute approximate surface area is 189 Å². The first-order chi connectivity index (χ1) is 14.3. The third kappa shape index (κ3) is 5.62. The average molecular weight is 516 g/mol. The SMILES string of the molecule is Nc1c(NNC(=O)COc2ccc(Cl)cc2Cl)ncnc1Nc1ccc(Br)cc1F. The van der Waals surface area contributed by atoms with Crippen LogP contribution in [0, 0.1) is 5.82 Å². The standard InChI is InChI=1S/C18H14BrCl2FN6O2/c19-9-1-3-13(12(22)5-9)26-17-16(23)18(25-8-24-17)28-27-15(29)7-30-14-4-2-10(20)6-11(14)21/h1-6,8H,7,23H2,(H,27,29)(H2,24,25,26,28). The summed E-state index contributed by atoms with van der Waals surface area (Å²) >= 11 is 15.0. The molecule has 0 saturated heterocycles. The zero-order valence-electron chi connectivity index (χ0n) is 15.0. The number of nitrogens with zero attached hydrogens (tertiary/aromatic N) is 2. The molecule has 0 unspecified atom stereocenters. The number of hydrogen-bond donors (Lipinski definition) is 4. The van der Waals surface area contributed by atoms with Crippen molar-refractivity contribution in [1.29, 1.82) is 0 Å². The fourth-order valence-electron chi connectivity index (χ4n) is 2.21. The summed E-state index contributed by atoms with van der Waals surface area (Å²) in [5.74, 6) is -0.438. The minimum Gasteiger partial charge on any atom is -0.482 e. The van der Waals surface area contributed by atoms with Gasteiger partial charge in [0, 0.05) is 9.50 Å². The van der Waals surface area contributed by atoms with Gasteiger partial charge in [-0.1, -0.05) is 39.1 Å². The summed E-state index contributed by atoms with van der Waals surface area (Å²) < 4.78 is 19.9. The molecule has 0 atom stereocenters. The number of benzene rings is 2. The number of ether oxygens (including phenoxy) is 1. The van der Waals surface area contributed by atoms with Gasteiger partial charge >= 0.3 is 0 Å². The largest absolute Gasteiger partial charge is 0.482 e. The number of carbonyl (C=O) groups is 1. The van der Waals surface area contributed by atoms with Gasteiger partial charge in [-0.25, -0.2) is 14.4 Å². The number of nitrogen functional groups attached to an aromatic ring is 1. The number of amides is 1. The van der Waals surface area contributed by atoms with Crippen LogP contribution in [0.2, 0.25) is 10.0 Å². The lowest BCUT2D eigenvalue weighted by Gasteiger charge is -2.14. The van der Waals surface area contributed by atoms with E-state index < -0.39 is 11.7 Å². The molecule has 3 rings (SSSR count). The normalized spacial score (nSPS) is 10.4. The minimum absolute atomic E-state index is 0.0711. The van der Waals surface area contributed by atoms with E-state index in [-0.39, 0.29) is 34.6 Å². The van der Waals surface area contributed by atoms with Gasteiger partial charge in [0.1, 0.15) is 23.6 Å². The third-order valence-electron chi connectivity index (χ3n) is 3.64. The van der Waals surface area contributed by atoms with Crippen LogP contribution in [0.5, 0.6) is 5.75 Å². The average Bonchev–Trinajstić information content (AvgIpc) is 2.70. The summed E-state index contributed by atoms with van der Waals surface area (Å²) in [4.78, 5) is 20.0. The number of nitrogens with two attached hydrogens (primary N) is 1. The Kier molecular flexibility index (Phi) is 7.14. The molecule has 0 fully saturated rings. The van der Waals surface area contributed by atoms with Crippen molar-refractivity contribution in [3.8, 4) is 5.75 Å². The van der Waals surface area contributed by atoms with Gasteiger partial charge in [0.25, 0.3) is 5.91 Å². The molecule has 0 saturated carbocycles. The van der Waals surface area contributed by atoms with Crippen molar-refractivity contribution in [2.45, 2.75) is 0 Å². The number of aromatic nitrogens is 2. The first-order valence-electron chi connectivity index (χ1n) is 8.28. The highest BCUT2D eigenvalue weighted by molar-refractivity contribution is 9.10. The van der Waals surface area contributed by atoms with Crippen molar-refractivity contribution in [1.82, 2.24) is 15.4 Å². The van der Waals surface area contributed by atoms with Gasteiger partial charge in [-0.3, -0.25) is 15.6 Å². The molecule has 2 aromatic carbocycles. The lowest BCUT2D eigenvalue weighted by molar-refractivity contribution is -0.122. The van der Waals surface area contributed by atoms with Crippen molar-refractivity contribution in [2.24, 2.45) is 0 Å². The Morgan fingerprint density at radius 3 is 2.67 bits per heavy atom. The molecule has 0 radical (unpaired) electrons.